The van der Waals surface area contributed by atoms with E-state index >= 15 is 0 Å². The maximum atomic E-state index is 14.4. The van der Waals surface area contributed by atoms with Crippen molar-refractivity contribution >= 4 is 212 Å². The number of carbonyl (C=O) groups excluding carboxylic acids is 2. The van der Waals surface area contributed by atoms with Gasteiger partial charge in [0.05, 0.1) is 75.1 Å². The fourth-order valence-corrected chi connectivity index (χ4v) is 35.8. The molecule has 2 atom stereocenters. The first kappa shape index (κ1) is 121. The molecular weight excluding hydrogens is 2030 g/mol. The van der Waals surface area contributed by atoms with Crippen LogP contribution in [0.1, 0.15) is 189 Å². The average Bonchev–Trinajstić information content (AvgIpc) is 0.905. The molecule has 24 nitrogen and oxygen atoms in total. The van der Waals surface area contributed by atoms with E-state index in [1.807, 2.05) is 222 Å². The van der Waals surface area contributed by atoms with Crippen LogP contribution < -0.4 is 20.3 Å². The summed E-state index contributed by atoms with van der Waals surface area (Å²) in [5.74, 6) is -0.319. The first-order chi connectivity index (χ1) is 62.6. The van der Waals surface area contributed by atoms with E-state index in [-0.39, 0.29) is 56.2 Å². The van der Waals surface area contributed by atoms with Gasteiger partial charge in [-0.3, -0.25) is 36.1 Å². The van der Waals surface area contributed by atoms with Crippen LogP contribution >= 0.6 is 108 Å². The van der Waals surface area contributed by atoms with Crippen molar-refractivity contribution in [3.8, 4) is 34.7 Å². The molecule has 0 amide bonds. The molecule has 2 fully saturated rings. The molecule has 7 heterocycles. The number of aromatic nitrogens is 10. The number of nitrogens with one attached hydrogen (secondary N) is 1. The third-order valence-electron chi connectivity index (χ3n) is 24.8. The Morgan fingerprint density at radius 1 is 0.544 bits per heavy atom. The average molecular weight is 2180 g/mol. The van der Waals surface area contributed by atoms with E-state index in [0.717, 1.165) is 62.8 Å². The molecule has 2 unspecified atom stereocenters. The molecule has 0 spiro atoms. The van der Waals surface area contributed by atoms with Crippen molar-refractivity contribution in [2.24, 2.45) is 18.9 Å². The number of benzene rings is 4. The Labute approximate surface area is 857 Å². The second-order valence-corrected chi connectivity index (χ2v) is 76.0. The zero-order chi connectivity index (χ0) is 103. The molecule has 136 heavy (non-hydrogen) atoms. The zero-order valence-corrected chi connectivity index (χ0v) is 97.1. The molecule has 10 aromatic rings. The van der Waals surface area contributed by atoms with Crippen molar-refractivity contribution in [1.82, 2.24) is 62.2 Å². The Bertz CT molecular complexity index is 5910. The molecule has 1 saturated heterocycles. The van der Waals surface area contributed by atoms with Gasteiger partial charge in [-0.2, -0.15) is 20.7 Å². The first-order valence-electron chi connectivity index (χ1n) is 45.1. The van der Waals surface area contributed by atoms with Crippen LogP contribution in [-0.4, -0.2) is 163 Å². The van der Waals surface area contributed by atoms with E-state index in [2.05, 4.69) is 165 Å². The van der Waals surface area contributed by atoms with Crippen LogP contribution in [0, 0.1) is 33.5 Å². The van der Waals surface area contributed by atoms with Gasteiger partial charge in [-0.1, -0.05) is 205 Å². The van der Waals surface area contributed by atoms with Gasteiger partial charge in [0.15, 0.2) is 46.4 Å². The first-order valence-corrected chi connectivity index (χ1v) is 66.0. The molecule has 1 aliphatic carbocycles. The van der Waals surface area contributed by atoms with Crippen LogP contribution in [-0.2, 0) is 56.2 Å². The summed E-state index contributed by atoms with van der Waals surface area (Å²) < 4.78 is 75.8. The van der Waals surface area contributed by atoms with Crippen molar-refractivity contribution in [2.45, 2.75) is 281 Å². The summed E-state index contributed by atoms with van der Waals surface area (Å²) in [6.07, 6.45) is 17.7. The molecule has 1 N–H and O–H groups in total. The van der Waals surface area contributed by atoms with Gasteiger partial charge in [0.1, 0.15) is 42.0 Å². The number of fused-ring (bicyclic) bond motifs is 2. The fraction of sp³-hybridized carbons (Fsp3) is 0.521. The standard InChI is InChI=1S/C28H42N8O2SSi.C21H24N6O2.C18H15Cl2P.C12H20ClNOSSi.C9H23NO2SSi.C6H15N.2CHCl3/c1-20(2)39(38,33-40(9,10)27(6,7)8)34-17-28(18-34,12-13-29)36-16-21(15-32-36)23-22-11-14-35(24(22)31-19-30-23)25(37)26(3,4)5;1-20(2,3)19(28)29-14-26-10-5-16-17(23-13-24-18(16)26)15-11-25-27(12-15)21(8-9-22)6-4-7-21;19-21(20,16-10-4-1-5-11-16,17-12-6-2-7-13-17)18-14-8-3-9-15-18;1-12(2,3)17(4,5)14-16(13,15)11-9-7-6-8-10-11;1-8(2)13(11,12)10-14(6,7)9(3,4)5;1-4-7(5-2)6-3;2*2-1(3)4/h11,14-16,19-20H,12,17-18H2,1-10H3;5,10-13H,4,6-8,14H2,1-3H3;1-15H;6-10H,1-5H3;8,10H,1-7H3;4-6H2,1-3H3;2*1H. The summed E-state index contributed by atoms with van der Waals surface area (Å²) in [6.45, 7) is 61.3. The number of hydrogen-bond donors (Lipinski definition) is 1. The molecule has 2 aliphatic rings. The number of carbonyl (C=O) groups is 2. The molecule has 12 rings (SSSR count). The van der Waals surface area contributed by atoms with Crippen molar-refractivity contribution < 1.29 is 31.2 Å². The number of nitriles is 2. The summed E-state index contributed by atoms with van der Waals surface area (Å²) in [6, 6.07) is 47.3. The number of esters is 1. The molecule has 1 saturated carbocycles. The van der Waals surface area contributed by atoms with Crippen molar-refractivity contribution in [1.29, 1.82) is 10.5 Å². The number of sulfonamides is 1. The molecule has 1 aliphatic heterocycles. The number of alkyl halides is 6. The van der Waals surface area contributed by atoms with Gasteiger partial charge in [0.2, 0.25) is 15.9 Å². The van der Waals surface area contributed by atoms with E-state index in [4.69, 9.17) is 112 Å². The van der Waals surface area contributed by atoms with E-state index in [9.17, 15) is 36.9 Å². The Hall–Kier alpha value is -5.92. The Kier molecular flexibility index (Phi) is 43.8. The van der Waals surface area contributed by atoms with Crippen LogP contribution in [0.25, 0.3) is 44.6 Å². The zero-order valence-electron chi connectivity index (χ0n) is 84.0. The maximum absolute atomic E-state index is 14.4. The van der Waals surface area contributed by atoms with Gasteiger partial charge in [-0.15, -0.1) is 0 Å². The Balaban J connectivity index is 0.000000301. The molecule has 4 aromatic carbocycles. The molecular formula is C96H141Cl9N17O7PS3Si3. The minimum absolute atomic E-state index is 0.0324. The summed E-state index contributed by atoms with van der Waals surface area (Å²) in [4.78, 5) is 45.7. The van der Waals surface area contributed by atoms with Gasteiger partial charge in [-0.05, 0) is 153 Å². The van der Waals surface area contributed by atoms with E-state index in [0.29, 0.717) is 41.4 Å². The second kappa shape index (κ2) is 49.4. The number of rotatable bonds is 22. The third kappa shape index (κ3) is 31.5. The van der Waals surface area contributed by atoms with Crippen LogP contribution in [0.5, 0.6) is 0 Å². The topological polar surface area (TPSA) is 300 Å². The van der Waals surface area contributed by atoms with Gasteiger partial charge in [0.25, 0.3) is 0 Å². The van der Waals surface area contributed by atoms with E-state index in [1.165, 1.54) is 32.3 Å². The Morgan fingerprint density at radius 2 is 0.926 bits per heavy atom. The normalized spacial score (nSPS) is 15.3. The minimum atomic E-state index is -3.43. The van der Waals surface area contributed by atoms with Crippen LogP contribution in [0.15, 0.2) is 196 Å². The third-order valence-corrected chi connectivity index (χ3v) is 57.3. The van der Waals surface area contributed by atoms with E-state index < -0.39 is 83.9 Å². The van der Waals surface area contributed by atoms with Crippen LogP contribution in [0.2, 0.25) is 54.4 Å². The van der Waals surface area contributed by atoms with Gasteiger partial charge in [0, 0.05) is 75.9 Å². The fourth-order valence-electron chi connectivity index (χ4n) is 13.1. The summed E-state index contributed by atoms with van der Waals surface area (Å²) >= 11 is 43.4. The summed E-state index contributed by atoms with van der Waals surface area (Å²) in [7, 11) is -8.58. The van der Waals surface area contributed by atoms with Crippen LogP contribution in [0.3, 0.4) is 0 Å². The van der Waals surface area contributed by atoms with Gasteiger partial charge < -0.3 is 9.64 Å². The second-order valence-electron chi connectivity index (χ2n) is 40.6. The molecule has 0 bridgehead atoms. The van der Waals surface area contributed by atoms with Crippen LogP contribution in [0.4, 0.5) is 0 Å². The number of nitrogens with zero attached hydrogens (tertiary/aromatic N) is 16. The van der Waals surface area contributed by atoms with E-state index in [1.54, 1.807) is 53.7 Å². The summed E-state index contributed by atoms with van der Waals surface area (Å²) in [5, 5.41) is 28.7. The molecule has 6 aromatic heterocycles. The SMILES string of the molecule is CC(C)(C)C(=O)OCn1ccc2c(-c3cnn(C4(CC#N)CCC4)c3)ncnc21.CC(C)(C)[Si](C)(C)N=S(=O)(Cl)c1ccccc1.CC(C)S(=O)(=N[Si](C)(C)C(C)(C)C)N1CC(CC#N)(n2cc(-c3ncnc4c3ccn4C(=O)C(C)(C)C)cn2)C1.CC(C)S(=O)(=O)N[Si](C)(C)C(C)(C)C.CCN(CC)CC.ClC(Cl)Cl.ClC(Cl)Cl.ClP(Cl)(c1ccccc1)(c1ccccc1)c1ccccc1. The van der Waals surface area contributed by atoms with Gasteiger partial charge in [-0.25, -0.2) is 45.5 Å². The quantitative estimate of drug-likeness (QED) is 0.0217. The number of hydrogen-bond acceptors (Lipinski definition) is 18. The summed E-state index contributed by atoms with van der Waals surface area (Å²) in [5.41, 5.74) is 2.40. The Morgan fingerprint density at radius 3 is 1.28 bits per heavy atom. The number of ether oxygens (including phenoxy) is 1. The predicted octanol–water partition coefficient (Wildman–Crippen LogP) is 26.5. The monoisotopic (exact) mass is 2170 g/mol. The van der Waals surface area contributed by atoms with Crippen molar-refractivity contribution in [3.05, 3.63) is 183 Å². The van der Waals surface area contributed by atoms with Crippen molar-refractivity contribution in [3.63, 3.8) is 0 Å². The molecule has 0 radical (unpaired) electrons. The molecule has 40 heteroatoms. The predicted molar refractivity (Wildman–Crippen MR) is 584 cm³/mol. The molecule has 750 valence electrons. The number of halogens is 9. The van der Waals surface area contributed by atoms with Crippen molar-refractivity contribution in [2.75, 3.05) is 32.7 Å². The van der Waals surface area contributed by atoms with Gasteiger partial charge >= 0.3 is 141 Å².